The van der Waals surface area contributed by atoms with E-state index in [0.29, 0.717) is 5.82 Å². The van der Waals surface area contributed by atoms with Crippen LogP contribution in [0.5, 0.6) is 0 Å². The average Bonchev–Trinajstić information content (AvgIpc) is 2.35. The third kappa shape index (κ3) is 3.15. The molecule has 0 radical (unpaired) electrons. The maximum Gasteiger partial charge on any atom is 0.228 e. The van der Waals surface area contributed by atoms with Gasteiger partial charge in [0.15, 0.2) is 0 Å². The predicted molar refractivity (Wildman–Crippen MR) is 97.4 cm³/mol. The lowest BCUT2D eigenvalue weighted by Crippen LogP contribution is -2.28. The Morgan fingerprint density at radius 3 is 2.68 bits per heavy atom. The number of hydrogen-bond donors (Lipinski definition) is 2. The molecule has 1 aliphatic carbocycles. The lowest BCUT2D eigenvalue weighted by molar-refractivity contribution is -0.122. The van der Waals surface area contributed by atoms with Crippen molar-refractivity contribution in [2.75, 3.05) is 5.32 Å². The first kappa shape index (κ1) is 15.8. The molecule has 3 rings (SSSR count). The lowest BCUT2D eigenvalue weighted by Gasteiger charge is -2.24. The van der Waals surface area contributed by atoms with Gasteiger partial charge in [-0.2, -0.15) is 12.6 Å². The van der Waals surface area contributed by atoms with Crippen LogP contribution in [0.4, 0.5) is 5.82 Å². The third-order valence-corrected chi connectivity index (χ3v) is 5.06. The summed E-state index contributed by atoms with van der Waals surface area (Å²) in [6.45, 7) is 4.10. The van der Waals surface area contributed by atoms with E-state index in [9.17, 15) is 4.79 Å². The second-order valence-electron chi connectivity index (χ2n) is 6.40. The molecule has 0 unspecified atom stereocenters. The Hall–Kier alpha value is -1.07. The van der Waals surface area contributed by atoms with Gasteiger partial charge < -0.3 is 5.32 Å². The second-order valence-corrected chi connectivity index (χ2v) is 8.37. The average molecular weight is 379 g/mol. The fourth-order valence-corrected chi connectivity index (χ4v) is 3.07. The summed E-state index contributed by atoms with van der Waals surface area (Å²) in [5.41, 5.74) is 1.97. The SMILES string of the molecule is CC(C)(S)c1ccc2cc(Br)c(NC(=O)C3CCC3)nc2c1. The summed E-state index contributed by atoms with van der Waals surface area (Å²) in [6, 6.07) is 8.13. The maximum atomic E-state index is 12.1. The van der Waals surface area contributed by atoms with Gasteiger partial charge >= 0.3 is 0 Å². The molecule has 3 nitrogen and oxygen atoms in total. The van der Waals surface area contributed by atoms with Gasteiger partial charge in [0.25, 0.3) is 0 Å². The quantitative estimate of drug-likeness (QED) is 0.745. The van der Waals surface area contributed by atoms with E-state index >= 15 is 0 Å². The molecule has 0 aliphatic heterocycles. The van der Waals surface area contributed by atoms with E-state index in [-0.39, 0.29) is 16.6 Å². The highest BCUT2D eigenvalue weighted by molar-refractivity contribution is 9.10. The summed E-state index contributed by atoms with van der Waals surface area (Å²) in [6.07, 6.45) is 3.11. The van der Waals surface area contributed by atoms with E-state index < -0.39 is 0 Å². The van der Waals surface area contributed by atoms with Gasteiger partial charge in [0, 0.05) is 16.1 Å². The zero-order valence-electron chi connectivity index (χ0n) is 12.7. The lowest BCUT2D eigenvalue weighted by atomic mass is 9.85. The van der Waals surface area contributed by atoms with Crippen molar-refractivity contribution in [1.82, 2.24) is 4.98 Å². The zero-order chi connectivity index (χ0) is 15.9. The number of carbonyl (C=O) groups is 1. The number of aromatic nitrogens is 1. The molecule has 1 fully saturated rings. The molecule has 2 aromatic rings. The predicted octanol–water partition coefficient (Wildman–Crippen LogP) is 4.90. The van der Waals surface area contributed by atoms with Crippen LogP contribution >= 0.6 is 28.6 Å². The van der Waals surface area contributed by atoms with Gasteiger partial charge in [-0.1, -0.05) is 18.6 Å². The molecule has 1 amide bonds. The van der Waals surface area contributed by atoms with Gasteiger partial charge in [0.1, 0.15) is 5.82 Å². The summed E-state index contributed by atoms with van der Waals surface area (Å²) in [5, 5.41) is 3.98. The number of thiol groups is 1. The molecule has 0 bridgehead atoms. The Morgan fingerprint density at radius 2 is 2.09 bits per heavy atom. The van der Waals surface area contributed by atoms with Gasteiger partial charge in [0.2, 0.25) is 5.91 Å². The number of benzene rings is 1. The summed E-state index contributed by atoms with van der Waals surface area (Å²) < 4.78 is 0.587. The Kier molecular flexibility index (Phi) is 4.21. The van der Waals surface area contributed by atoms with Crippen molar-refractivity contribution in [2.24, 2.45) is 5.92 Å². The molecule has 1 aromatic carbocycles. The number of anilines is 1. The Labute approximate surface area is 144 Å². The van der Waals surface area contributed by atoms with Crippen molar-refractivity contribution in [3.8, 4) is 0 Å². The summed E-state index contributed by atoms with van der Waals surface area (Å²) >= 11 is 8.11. The molecular formula is C17H19BrN2OS. The number of amides is 1. The highest BCUT2D eigenvalue weighted by atomic mass is 79.9. The minimum atomic E-state index is -0.224. The van der Waals surface area contributed by atoms with E-state index in [1.165, 1.54) is 0 Å². The molecule has 0 spiro atoms. The Bertz CT molecular complexity index is 735. The van der Waals surface area contributed by atoms with Gasteiger partial charge in [-0.25, -0.2) is 4.98 Å². The van der Waals surface area contributed by atoms with Crippen LogP contribution in [0, 0.1) is 5.92 Å². The number of nitrogens with one attached hydrogen (secondary N) is 1. The van der Waals surface area contributed by atoms with Gasteiger partial charge in [0.05, 0.1) is 9.99 Å². The van der Waals surface area contributed by atoms with Gasteiger partial charge in [-0.15, -0.1) is 0 Å². The smallest absolute Gasteiger partial charge is 0.228 e. The van der Waals surface area contributed by atoms with Crippen LogP contribution in [-0.4, -0.2) is 10.9 Å². The van der Waals surface area contributed by atoms with Crippen molar-refractivity contribution in [1.29, 1.82) is 0 Å². The monoisotopic (exact) mass is 378 g/mol. The molecule has 22 heavy (non-hydrogen) atoms. The minimum absolute atomic E-state index is 0.0736. The molecule has 1 saturated carbocycles. The zero-order valence-corrected chi connectivity index (χ0v) is 15.2. The van der Waals surface area contributed by atoms with Crippen LogP contribution in [0.1, 0.15) is 38.7 Å². The van der Waals surface area contributed by atoms with Crippen molar-refractivity contribution in [3.63, 3.8) is 0 Å². The minimum Gasteiger partial charge on any atom is -0.309 e. The number of halogens is 1. The number of rotatable bonds is 3. The van der Waals surface area contributed by atoms with Crippen molar-refractivity contribution >= 4 is 51.2 Å². The van der Waals surface area contributed by atoms with Gasteiger partial charge in [-0.3, -0.25) is 4.79 Å². The van der Waals surface area contributed by atoms with E-state index in [4.69, 9.17) is 0 Å². The fourth-order valence-electron chi connectivity index (χ4n) is 2.50. The normalized spacial score (nSPS) is 15.6. The molecule has 0 saturated heterocycles. The summed E-state index contributed by atoms with van der Waals surface area (Å²) in [5.74, 6) is 0.815. The van der Waals surface area contributed by atoms with E-state index in [2.05, 4.69) is 58.8 Å². The van der Waals surface area contributed by atoms with E-state index in [1.807, 2.05) is 18.2 Å². The molecule has 1 aromatic heterocycles. The van der Waals surface area contributed by atoms with Crippen LogP contribution in [0.15, 0.2) is 28.7 Å². The topological polar surface area (TPSA) is 42.0 Å². The highest BCUT2D eigenvalue weighted by Gasteiger charge is 2.26. The molecule has 5 heteroatoms. The van der Waals surface area contributed by atoms with Crippen molar-refractivity contribution in [3.05, 3.63) is 34.3 Å². The molecule has 116 valence electrons. The first-order valence-corrected chi connectivity index (χ1v) is 8.72. The van der Waals surface area contributed by atoms with Crippen molar-refractivity contribution in [2.45, 2.75) is 37.9 Å². The second kappa shape index (κ2) is 5.85. The van der Waals surface area contributed by atoms with Crippen LogP contribution < -0.4 is 5.32 Å². The van der Waals surface area contributed by atoms with Crippen LogP contribution in [-0.2, 0) is 9.54 Å². The molecule has 1 aliphatic rings. The summed E-state index contributed by atoms with van der Waals surface area (Å²) in [4.78, 5) is 16.7. The third-order valence-electron chi connectivity index (χ3n) is 4.20. The standard InChI is InChI=1S/C17H19BrN2OS/c1-17(2,22)12-7-6-11-8-13(18)15(19-14(11)9-12)20-16(21)10-4-3-5-10/h6-10,22H,3-5H2,1-2H3,(H,19,20,21). The molecule has 1 heterocycles. The van der Waals surface area contributed by atoms with Crippen LogP contribution in [0.25, 0.3) is 10.9 Å². The van der Waals surface area contributed by atoms with Crippen LogP contribution in [0.3, 0.4) is 0 Å². The molecular weight excluding hydrogens is 360 g/mol. The van der Waals surface area contributed by atoms with Gasteiger partial charge in [-0.05, 0) is 60.3 Å². The number of carbonyl (C=O) groups excluding carboxylic acids is 1. The summed E-state index contributed by atoms with van der Waals surface area (Å²) in [7, 11) is 0. The number of fused-ring (bicyclic) bond motifs is 1. The highest BCUT2D eigenvalue weighted by Crippen LogP contribution is 2.33. The largest absolute Gasteiger partial charge is 0.309 e. The first-order chi connectivity index (χ1) is 10.3. The van der Waals surface area contributed by atoms with E-state index in [1.54, 1.807) is 0 Å². The van der Waals surface area contributed by atoms with Crippen LogP contribution in [0.2, 0.25) is 0 Å². The maximum absolute atomic E-state index is 12.1. The molecule has 0 atom stereocenters. The van der Waals surface area contributed by atoms with E-state index in [0.717, 1.165) is 40.2 Å². The molecule has 1 N–H and O–H groups in total. The first-order valence-electron chi connectivity index (χ1n) is 7.48. The fraction of sp³-hybridized carbons (Fsp3) is 0.412. The van der Waals surface area contributed by atoms with Crippen molar-refractivity contribution < 1.29 is 4.79 Å². The Morgan fingerprint density at radius 1 is 1.36 bits per heavy atom. The number of pyridine rings is 1. The number of nitrogens with zero attached hydrogens (tertiary/aromatic N) is 1. The Balaban J connectivity index is 1.96. The number of hydrogen-bond acceptors (Lipinski definition) is 3.